The monoisotopic (exact) mass is 404 g/mol. The van der Waals surface area contributed by atoms with Crippen LogP contribution in [0, 0.1) is 0 Å². The largest absolute Gasteiger partial charge is 0.494 e. The van der Waals surface area contributed by atoms with Crippen molar-refractivity contribution < 1.29 is 4.74 Å². The number of methoxy groups -OCH3 is 1. The van der Waals surface area contributed by atoms with Gasteiger partial charge in [0.2, 0.25) is 0 Å². The highest BCUT2D eigenvalue weighted by Crippen LogP contribution is 2.34. The number of rotatable bonds is 5. The predicted octanol–water partition coefficient (Wildman–Crippen LogP) is 3.79. The molecule has 5 heteroatoms. The molecular weight excluding hydrogens is 384 g/mol. The van der Waals surface area contributed by atoms with Crippen LogP contribution in [0.4, 0.5) is 0 Å². The Bertz CT molecular complexity index is 430. The van der Waals surface area contributed by atoms with E-state index in [0.29, 0.717) is 6.04 Å². The van der Waals surface area contributed by atoms with Crippen molar-refractivity contribution in [3.63, 3.8) is 0 Å². The molecule has 0 bridgehead atoms. The number of nitrogens with one attached hydrogen (secondary N) is 1. The summed E-state index contributed by atoms with van der Waals surface area (Å²) in [5, 5.41) is 3.67. The summed E-state index contributed by atoms with van der Waals surface area (Å²) in [6, 6.07) is 4.84. The summed E-state index contributed by atoms with van der Waals surface area (Å²) in [5.41, 5.74) is 1.26. The zero-order valence-electron chi connectivity index (χ0n) is 12.1. The molecule has 1 atom stereocenters. The van der Waals surface area contributed by atoms with Gasteiger partial charge >= 0.3 is 0 Å². The molecule has 1 aliphatic rings. The lowest BCUT2D eigenvalue weighted by atomic mass is 10.1. The molecule has 1 N–H and O–H groups in total. The smallest absolute Gasteiger partial charge is 0.147 e. The van der Waals surface area contributed by atoms with E-state index in [1.807, 2.05) is 0 Å². The maximum Gasteiger partial charge on any atom is 0.147 e. The third kappa shape index (κ3) is 4.20. The van der Waals surface area contributed by atoms with E-state index >= 15 is 0 Å². The van der Waals surface area contributed by atoms with E-state index in [1.54, 1.807) is 7.11 Å². The predicted molar refractivity (Wildman–Crippen MR) is 90.4 cm³/mol. The van der Waals surface area contributed by atoms with E-state index in [1.165, 1.54) is 24.9 Å². The van der Waals surface area contributed by atoms with Crippen LogP contribution >= 0.6 is 31.9 Å². The van der Waals surface area contributed by atoms with Crippen LogP contribution in [0.5, 0.6) is 5.75 Å². The highest BCUT2D eigenvalue weighted by molar-refractivity contribution is 9.11. The highest BCUT2D eigenvalue weighted by atomic mass is 79.9. The Morgan fingerprint density at radius 1 is 1.35 bits per heavy atom. The zero-order chi connectivity index (χ0) is 14.5. The second kappa shape index (κ2) is 7.78. The van der Waals surface area contributed by atoms with Gasteiger partial charge < -0.3 is 15.0 Å². The van der Waals surface area contributed by atoms with Crippen LogP contribution in [-0.2, 0) is 6.54 Å². The molecule has 20 heavy (non-hydrogen) atoms. The van der Waals surface area contributed by atoms with Gasteiger partial charge in [-0.25, -0.2) is 0 Å². The van der Waals surface area contributed by atoms with Crippen molar-refractivity contribution in [3.05, 3.63) is 26.6 Å². The molecular formula is C15H22Br2N2O. The Balaban J connectivity index is 1.94. The summed E-state index contributed by atoms with van der Waals surface area (Å²) in [6.45, 7) is 6.69. The fraction of sp³-hybridized carbons (Fsp3) is 0.600. The van der Waals surface area contributed by atoms with Crippen LogP contribution in [0.3, 0.4) is 0 Å². The molecule has 0 aromatic heterocycles. The molecule has 2 rings (SSSR count). The van der Waals surface area contributed by atoms with Gasteiger partial charge in [0, 0.05) is 19.1 Å². The second-order valence-corrected chi connectivity index (χ2v) is 6.91. The van der Waals surface area contributed by atoms with Crippen LogP contribution in [0.15, 0.2) is 21.1 Å². The van der Waals surface area contributed by atoms with E-state index in [9.17, 15) is 0 Å². The third-order valence-electron chi connectivity index (χ3n) is 3.81. The number of halogens is 2. The standard InChI is InChI=1S/C15H22Br2N2O/c1-3-19-6-4-5-12(10-19)18-9-11-7-13(16)15(20-2)14(17)8-11/h7-8,12,18H,3-6,9-10H2,1-2H3. The van der Waals surface area contributed by atoms with E-state index in [-0.39, 0.29) is 0 Å². The molecule has 0 amide bonds. The molecule has 0 spiro atoms. The van der Waals surface area contributed by atoms with Crippen molar-refractivity contribution in [2.45, 2.75) is 32.4 Å². The summed E-state index contributed by atoms with van der Waals surface area (Å²) < 4.78 is 7.31. The lowest BCUT2D eigenvalue weighted by molar-refractivity contribution is 0.198. The summed E-state index contributed by atoms with van der Waals surface area (Å²) >= 11 is 7.11. The lowest BCUT2D eigenvalue weighted by Gasteiger charge is -2.32. The highest BCUT2D eigenvalue weighted by Gasteiger charge is 2.18. The SMILES string of the molecule is CCN1CCCC(NCc2cc(Br)c(OC)c(Br)c2)C1. The van der Waals surface area contributed by atoms with Crippen molar-refractivity contribution in [2.75, 3.05) is 26.7 Å². The van der Waals surface area contributed by atoms with E-state index < -0.39 is 0 Å². The van der Waals surface area contributed by atoms with Crippen molar-refractivity contribution in [2.24, 2.45) is 0 Å². The number of hydrogen-bond acceptors (Lipinski definition) is 3. The fourth-order valence-corrected chi connectivity index (χ4v) is 4.29. The van der Waals surface area contributed by atoms with Gasteiger partial charge in [0.05, 0.1) is 16.1 Å². The van der Waals surface area contributed by atoms with Gasteiger partial charge in [-0.15, -0.1) is 0 Å². The van der Waals surface area contributed by atoms with Crippen molar-refractivity contribution in [3.8, 4) is 5.75 Å². The molecule has 0 saturated carbocycles. The molecule has 1 aromatic rings. The molecule has 1 heterocycles. The Labute approximate surface area is 138 Å². The summed E-state index contributed by atoms with van der Waals surface area (Å²) in [6.07, 6.45) is 2.57. The van der Waals surface area contributed by atoms with Crippen LogP contribution in [0.25, 0.3) is 0 Å². The topological polar surface area (TPSA) is 24.5 Å². The van der Waals surface area contributed by atoms with E-state index in [2.05, 4.69) is 61.1 Å². The Hall–Kier alpha value is -0.100. The second-order valence-electron chi connectivity index (χ2n) is 5.21. The van der Waals surface area contributed by atoms with Crippen LogP contribution < -0.4 is 10.1 Å². The first kappa shape index (κ1) is 16.3. The molecule has 0 radical (unpaired) electrons. The number of likely N-dealkylation sites (N-methyl/N-ethyl adjacent to an activating group) is 1. The van der Waals surface area contributed by atoms with Crippen molar-refractivity contribution >= 4 is 31.9 Å². The maximum atomic E-state index is 5.33. The number of likely N-dealkylation sites (tertiary alicyclic amines) is 1. The van der Waals surface area contributed by atoms with E-state index in [4.69, 9.17) is 4.74 Å². The maximum absolute atomic E-state index is 5.33. The summed E-state index contributed by atoms with van der Waals surface area (Å²) in [7, 11) is 1.68. The zero-order valence-corrected chi connectivity index (χ0v) is 15.3. The summed E-state index contributed by atoms with van der Waals surface area (Å²) in [4.78, 5) is 2.51. The van der Waals surface area contributed by atoms with Crippen LogP contribution in [0.1, 0.15) is 25.3 Å². The van der Waals surface area contributed by atoms with Gasteiger partial charge in [0.25, 0.3) is 0 Å². The van der Waals surface area contributed by atoms with Gasteiger partial charge in [-0.2, -0.15) is 0 Å². The molecule has 112 valence electrons. The number of hydrogen-bond donors (Lipinski definition) is 1. The lowest BCUT2D eigenvalue weighted by Crippen LogP contribution is -2.45. The van der Waals surface area contributed by atoms with Gasteiger partial charge in [0.15, 0.2) is 0 Å². The number of ether oxygens (including phenoxy) is 1. The first-order valence-electron chi connectivity index (χ1n) is 7.11. The molecule has 1 aliphatic heterocycles. The Kier molecular flexibility index (Phi) is 6.33. The molecule has 1 fully saturated rings. The molecule has 3 nitrogen and oxygen atoms in total. The summed E-state index contributed by atoms with van der Waals surface area (Å²) in [5.74, 6) is 0.851. The fourth-order valence-electron chi connectivity index (χ4n) is 2.68. The number of piperidine rings is 1. The number of nitrogens with zero attached hydrogens (tertiary/aromatic N) is 1. The minimum atomic E-state index is 0.600. The van der Waals surface area contributed by atoms with Crippen molar-refractivity contribution in [1.82, 2.24) is 10.2 Å². The molecule has 1 saturated heterocycles. The Morgan fingerprint density at radius 2 is 2.05 bits per heavy atom. The molecule has 1 unspecified atom stereocenters. The quantitative estimate of drug-likeness (QED) is 0.806. The van der Waals surface area contributed by atoms with Crippen molar-refractivity contribution in [1.29, 1.82) is 0 Å². The third-order valence-corrected chi connectivity index (χ3v) is 4.99. The first-order chi connectivity index (χ1) is 9.63. The van der Waals surface area contributed by atoms with Gasteiger partial charge in [-0.1, -0.05) is 6.92 Å². The minimum Gasteiger partial charge on any atom is -0.494 e. The van der Waals surface area contributed by atoms with Gasteiger partial charge in [-0.3, -0.25) is 0 Å². The minimum absolute atomic E-state index is 0.600. The van der Waals surface area contributed by atoms with Crippen LogP contribution in [0.2, 0.25) is 0 Å². The average Bonchev–Trinajstić information content (AvgIpc) is 2.45. The number of benzene rings is 1. The Morgan fingerprint density at radius 3 is 2.65 bits per heavy atom. The van der Waals surface area contributed by atoms with E-state index in [0.717, 1.165) is 34.3 Å². The average molecular weight is 406 g/mol. The van der Waals surface area contributed by atoms with Gasteiger partial charge in [0.1, 0.15) is 5.75 Å². The first-order valence-corrected chi connectivity index (χ1v) is 8.70. The molecule has 1 aromatic carbocycles. The van der Waals surface area contributed by atoms with Gasteiger partial charge in [-0.05, 0) is 75.5 Å². The van der Waals surface area contributed by atoms with Crippen LogP contribution in [-0.4, -0.2) is 37.7 Å². The molecule has 0 aliphatic carbocycles. The normalized spacial score (nSPS) is 20.1.